The van der Waals surface area contributed by atoms with Gasteiger partial charge in [0.05, 0.1) is 33.5 Å². The Kier molecular flexibility index (Phi) is 6.09. The molecule has 1 spiro atoms. The molecule has 40 heavy (non-hydrogen) atoms. The van der Waals surface area contributed by atoms with Gasteiger partial charge in [-0.15, -0.1) is 0 Å². The quantitative estimate of drug-likeness (QED) is 0.400. The first kappa shape index (κ1) is 25.8. The highest BCUT2D eigenvalue weighted by molar-refractivity contribution is 7.92. The van der Waals surface area contributed by atoms with Crippen molar-refractivity contribution in [2.24, 2.45) is 5.41 Å². The number of benzene rings is 1. The van der Waals surface area contributed by atoms with Crippen LogP contribution in [0.1, 0.15) is 32.6 Å². The summed E-state index contributed by atoms with van der Waals surface area (Å²) in [6.07, 6.45) is 5.40. The zero-order chi connectivity index (χ0) is 27.6. The van der Waals surface area contributed by atoms with E-state index in [4.69, 9.17) is 9.97 Å². The fraction of sp³-hybridized carbons (Fsp3) is 0.481. The van der Waals surface area contributed by atoms with Gasteiger partial charge < -0.3 is 20.9 Å². The molecule has 4 fully saturated rings. The van der Waals surface area contributed by atoms with E-state index in [9.17, 15) is 13.2 Å². The minimum absolute atomic E-state index is 0.0903. The molecule has 3 saturated heterocycles. The Bertz CT molecular complexity index is 1580. The molecule has 3 aromatic rings. The van der Waals surface area contributed by atoms with Crippen molar-refractivity contribution < 1.29 is 17.6 Å². The fourth-order valence-corrected chi connectivity index (χ4v) is 10.3. The highest BCUT2D eigenvalue weighted by Crippen LogP contribution is 2.51. The number of piperazine rings is 1. The molecule has 1 aromatic carbocycles. The Morgan fingerprint density at radius 2 is 1.90 bits per heavy atom. The Morgan fingerprint density at radius 1 is 1.15 bits per heavy atom. The second-order valence-corrected chi connectivity index (χ2v) is 14.6. The van der Waals surface area contributed by atoms with E-state index in [0.717, 1.165) is 48.8 Å². The van der Waals surface area contributed by atoms with Gasteiger partial charge in [-0.25, -0.2) is 27.8 Å². The van der Waals surface area contributed by atoms with Crippen LogP contribution in [0, 0.1) is 11.2 Å². The molecule has 2 bridgehead atoms. The Hall–Kier alpha value is -3.16. The predicted molar refractivity (Wildman–Crippen MR) is 153 cm³/mol. The van der Waals surface area contributed by atoms with Crippen LogP contribution in [-0.2, 0) is 14.6 Å². The normalized spacial score (nSPS) is 24.4. The highest BCUT2D eigenvalue weighted by atomic mass is 32.2. The van der Waals surface area contributed by atoms with E-state index in [-0.39, 0.29) is 34.6 Å². The number of nitrogens with zero attached hydrogens (tertiary/aromatic N) is 4. The lowest BCUT2D eigenvalue weighted by atomic mass is 9.67. The van der Waals surface area contributed by atoms with Crippen LogP contribution in [0.2, 0.25) is 0 Å². The zero-order valence-electron chi connectivity index (χ0n) is 22.0. The number of amides is 1. The highest BCUT2D eigenvalue weighted by Gasteiger charge is 2.56. The number of fused-ring (bicyclic) bond motifs is 2. The van der Waals surface area contributed by atoms with Crippen LogP contribution >= 0.6 is 11.3 Å². The molecule has 10 nitrogen and oxygen atoms in total. The monoisotopic (exact) mass is 583 g/mol. The summed E-state index contributed by atoms with van der Waals surface area (Å²) in [6, 6.07) is 7.52. The molecule has 1 aliphatic carbocycles. The first-order valence-corrected chi connectivity index (χ1v) is 16.2. The third-order valence-corrected chi connectivity index (χ3v) is 11.6. The minimum atomic E-state index is -2.87. The van der Waals surface area contributed by atoms with Crippen LogP contribution < -0.4 is 20.9 Å². The van der Waals surface area contributed by atoms with Crippen molar-refractivity contribution in [1.29, 1.82) is 0 Å². The summed E-state index contributed by atoms with van der Waals surface area (Å²) in [5.41, 5.74) is 1.42. The third kappa shape index (κ3) is 4.53. The van der Waals surface area contributed by atoms with Crippen LogP contribution in [0.15, 0.2) is 30.5 Å². The molecule has 4 aliphatic rings. The maximum atomic E-state index is 15.7. The number of sulfone groups is 1. The van der Waals surface area contributed by atoms with Crippen LogP contribution in [0.25, 0.3) is 21.8 Å². The van der Waals surface area contributed by atoms with E-state index in [1.807, 2.05) is 0 Å². The van der Waals surface area contributed by atoms with Gasteiger partial charge in [0.1, 0.15) is 0 Å². The van der Waals surface area contributed by atoms with E-state index in [1.165, 1.54) is 24.3 Å². The van der Waals surface area contributed by atoms with Crippen molar-refractivity contribution in [1.82, 2.24) is 20.3 Å². The fourth-order valence-electron chi connectivity index (χ4n) is 6.82. The molecule has 1 saturated carbocycles. The minimum Gasteiger partial charge on any atom is -0.351 e. The molecular formula is C27H30FN7O3S2. The Balaban J connectivity index is 1.23. The van der Waals surface area contributed by atoms with Crippen molar-refractivity contribution in [3.63, 3.8) is 0 Å². The summed E-state index contributed by atoms with van der Waals surface area (Å²) in [5, 5.41) is 10.3. The summed E-state index contributed by atoms with van der Waals surface area (Å²) in [7, 11) is -2.87. The lowest BCUT2D eigenvalue weighted by molar-refractivity contribution is -0.114. The summed E-state index contributed by atoms with van der Waals surface area (Å²) >= 11 is 1.50. The predicted octanol–water partition coefficient (Wildman–Crippen LogP) is 3.29. The van der Waals surface area contributed by atoms with Crippen LogP contribution in [0.3, 0.4) is 0 Å². The molecule has 3 N–H and O–H groups in total. The average Bonchev–Trinajstić information content (AvgIpc) is 3.40. The molecule has 0 radical (unpaired) electrons. The van der Waals surface area contributed by atoms with Crippen molar-refractivity contribution in [3.8, 4) is 21.8 Å². The summed E-state index contributed by atoms with van der Waals surface area (Å²) in [5.74, 6) is 0.0973. The number of anilines is 3. The third-order valence-electron chi connectivity index (χ3n) is 8.41. The first-order valence-electron chi connectivity index (χ1n) is 13.6. The maximum Gasteiger partial charge on any atom is 0.223 e. The Labute approximate surface area is 235 Å². The van der Waals surface area contributed by atoms with Gasteiger partial charge in [-0.3, -0.25) is 4.79 Å². The van der Waals surface area contributed by atoms with Gasteiger partial charge in [0.2, 0.25) is 11.9 Å². The van der Waals surface area contributed by atoms with Crippen molar-refractivity contribution in [2.45, 2.75) is 50.7 Å². The molecule has 1 amide bonds. The van der Waals surface area contributed by atoms with E-state index in [2.05, 4.69) is 25.8 Å². The topological polar surface area (TPSA) is 129 Å². The second kappa shape index (κ2) is 9.45. The van der Waals surface area contributed by atoms with E-state index < -0.39 is 15.7 Å². The van der Waals surface area contributed by atoms with Crippen LogP contribution in [0.4, 0.5) is 21.2 Å². The van der Waals surface area contributed by atoms with Gasteiger partial charge in [0.25, 0.3) is 0 Å². The Morgan fingerprint density at radius 3 is 2.60 bits per heavy atom. The zero-order valence-corrected chi connectivity index (χ0v) is 23.6. The molecule has 210 valence electrons. The number of hydrogen-bond donors (Lipinski definition) is 3. The van der Waals surface area contributed by atoms with E-state index >= 15 is 4.39 Å². The number of rotatable bonds is 6. The smallest absolute Gasteiger partial charge is 0.223 e. The van der Waals surface area contributed by atoms with Crippen LogP contribution in [0.5, 0.6) is 0 Å². The number of nitrogens with one attached hydrogen (secondary N) is 3. The van der Waals surface area contributed by atoms with E-state index in [1.54, 1.807) is 24.4 Å². The largest absolute Gasteiger partial charge is 0.351 e. The molecule has 2 unspecified atom stereocenters. The molecule has 2 aromatic heterocycles. The van der Waals surface area contributed by atoms with Gasteiger partial charge >= 0.3 is 0 Å². The van der Waals surface area contributed by atoms with Gasteiger partial charge in [0, 0.05) is 55.3 Å². The van der Waals surface area contributed by atoms with Crippen molar-refractivity contribution in [3.05, 3.63) is 36.3 Å². The number of halogens is 1. The number of aromatic nitrogens is 3. The van der Waals surface area contributed by atoms with Crippen molar-refractivity contribution >= 4 is 43.8 Å². The number of hydrogen-bond acceptors (Lipinski definition) is 10. The van der Waals surface area contributed by atoms with Gasteiger partial charge in [-0.1, -0.05) is 17.4 Å². The van der Waals surface area contributed by atoms with Crippen molar-refractivity contribution in [2.75, 3.05) is 40.1 Å². The second-order valence-electron chi connectivity index (χ2n) is 11.5. The van der Waals surface area contributed by atoms with E-state index in [0.29, 0.717) is 35.0 Å². The molecule has 2 atom stereocenters. The standard InChI is InChI=1S/C27H30FN7O3S2/c1-15(36)31-20-4-2-3-19(22(20)28)23-24(39-26(34-23)35-17-5-6-18(35)12-29-11-17)21-7-8-30-25(33-21)32-16-9-27(10-16)13-40(37,38)14-27/h2-4,7-8,16-18,29H,5-6,9-14H2,1H3,(H,31,36)(H,30,32,33). The molecule has 5 heterocycles. The lowest BCUT2D eigenvalue weighted by Gasteiger charge is -2.53. The summed E-state index contributed by atoms with van der Waals surface area (Å²) < 4.78 is 39.1. The number of thiazole rings is 1. The SMILES string of the molecule is CC(=O)Nc1cccc(-c2nc(N3C4CCC3CNC4)sc2-c2ccnc(NC3CC4(C3)CS(=O)(=O)C4)n2)c1F. The van der Waals surface area contributed by atoms with Gasteiger partial charge in [-0.05, 0) is 43.9 Å². The summed E-state index contributed by atoms with van der Waals surface area (Å²) in [6.45, 7) is 3.12. The molecule has 3 aliphatic heterocycles. The number of carbonyl (C=O) groups excluding carboxylic acids is 1. The van der Waals surface area contributed by atoms with Gasteiger partial charge in [-0.2, -0.15) is 0 Å². The van der Waals surface area contributed by atoms with Gasteiger partial charge in [0.15, 0.2) is 20.8 Å². The summed E-state index contributed by atoms with van der Waals surface area (Å²) in [4.78, 5) is 29.0. The average molecular weight is 584 g/mol. The maximum absolute atomic E-state index is 15.7. The molecular weight excluding hydrogens is 553 g/mol. The molecule has 13 heteroatoms. The first-order chi connectivity index (χ1) is 19.2. The van der Waals surface area contributed by atoms with Crippen LogP contribution in [-0.4, -0.2) is 72.0 Å². The number of carbonyl (C=O) groups is 1. The molecule has 7 rings (SSSR count). The lowest BCUT2D eigenvalue weighted by Crippen LogP contribution is -2.60.